The quantitative estimate of drug-likeness (QED) is 0.629. The molecule has 2 aromatic heterocycles. The molecule has 0 spiro atoms. The Morgan fingerprint density at radius 3 is 2.88 bits per heavy atom. The Bertz CT molecular complexity index is 1130. The number of ether oxygens (including phenoxy) is 1. The summed E-state index contributed by atoms with van der Waals surface area (Å²) in [6.07, 6.45) is 1.76. The monoisotopic (exact) mass is 480 g/mol. The highest BCUT2D eigenvalue weighted by Crippen LogP contribution is 2.48. The van der Waals surface area contributed by atoms with Crippen LogP contribution in [0.4, 0.5) is 19.4 Å². The maximum Gasteiger partial charge on any atom is 0.404 e. The van der Waals surface area contributed by atoms with E-state index in [2.05, 4.69) is 25.2 Å². The van der Waals surface area contributed by atoms with Gasteiger partial charge in [0.2, 0.25) is 0 Å². The normalized spacial score (nSPS) is 32.8. The predicted molar refractivity (Wildman–Crippen MR) is 115 cm³/mol. The summed E-state index contributed by atoms with van der Waals surface area (Å²) in [6, 6.07) is -0.0571. The lowest BCUT2D eigenvalue weighted by Gasteiger charge is -2.31. The third kappa shape index (κ3) is 3.43. The first kappa shape index (κ1) is 21.0. The van der Waals surface area contributed by atoms with Gasteiger partial charge < -0.3 is 20.1 Å². The van der Waals surface area contributed by atoms with Gasteiger partial charge in [-0.3, -0.25) is 4.90 Å². The molecule has 0 radical (unpaired) electrons. The molecule has 12 heteroatoms. The molecule has 2 aromatic rings. The third-order valence-corrected chi connectivity index (χ3v) is 7.88. The van der Waals surface area contributed by atoms with Gasteiger partial charge >= 0.3 is 12.1 Å². The summed E-state index contributed by atoms with van der Waals surface area (Å²) in [5.74, 6) is 0.0794. The van der Waals surface area contributed by atoms with Gasteiger partial charge in [0.15, 0.2) is 11.0 Å². The van der Waals surface area contributed by atoms with E-state index in [4.69, 9.17) is 21.4 Å². The second-order valence-corrected chi connectivity index (χ2v) is 9.89. The fourth-order valence-corrected chi connectivity index (χ4v) is 6.15. The predicted octanol–water partition coefficient (Wildman–Crippen LogP) is 2.47. The molecule has 3 saturated heterocycles. The SMILES string of the molecule is O=C(O)NC1[C@H]2CN(c3nc(OC[C@@]45CCCN4C[C@H](F)C5)nc4c(F)c(Cl)ncc34)C[C@@H]12. The number of amides is 1. The molecule has 1 aliphatic carbocycles. The molecule has 0 bridgehead atoms. The average molecular weight is 481 g/mol. The van der Waals surface area contributed by atoms with Crippen molar-refractivity contribution in [2.75, 3.05) is 37.7 Å². The minimum atomic E-state index is -1.03. The number of piperidine rings is 1. The second-order valence-electron chi connectivity index (χ2n) is 9.53. The number of carbonyl (C=O) groups is 1. The Kier molecular flexibility index (Phi) is 4.77. The Hall–Kier alpha value is -2.53. The lowest BCUT2D eigenvalue weighted by Crippen LogP contribution is -2.43. The van der Waals surface area contributed by atoms with Crippen LogP contribution < -0.4 is 15.0 Å². The summed E-state index contributed by atoms with van der Waals surface area (Å²) in [7, 11) is 0. The molecule has 0 aromatic carbocycles. The number of aromatic nitrogens is 3. The van der Waals surface area contributed by atoms with Crippen molar-refractivity contribution in [2.45, 2.75) is 37.0 Å². The van der Waals surface area contributed by atoms with Crippen LogP contribution in [0.1, 0.15) is 19.3 Å². The Balaban J connectivity index is 1.29. The number of hydrogen-bond donors (Lipinski definition) is 2. The maximum atomic E-state index is 14.9. The lowest BCUT2D eigenvalue weighted by molar-refractivity contribution is 0.107. The van der Waals surface area contributed by atoms with Crippen LogP contribution in [0.5, 0.6) is 6.01 Å². The van der Waals surface area contributed by atoms with E-state index in [0.29, 0.717) is 37.3 Å². The first-order valence-corrected chi connectivity index (χ1v) is 11.5. The Labute approximate surface area is 193 Å². The third-order valence-electron chi connectivity index (χ3n) is 7.62. The number of hydrogen-bond acceptors (Lipinski definition) is 7. The van der Waals surface area contributed by atoms with Gasteiger partial charge in [-0.15, -0.1) is 0 Å². The molecule has 33 heavy (non-hydrogen) atoms. The molecular formula is C21H23ClF2N6O3. The van der Waals surface area contributed by atoms with Crippen molar-refractivity contribution >= 4 is 34.4 Å². The first-order chi connectivity index (χ1) is 15.8. The van der Waals surface area contributed by atoms with E-state index in [1.54, 1.807) is 0 Å². The molecule has 1 unspecified atom stereocenters. The molecule has 1 amide bonds. The van der Waals surface area contributed by atoms with Gasteiger partial charge in [0.1, 0.15) is 24.1 Å². The zero-order valence-electron chi connectivity index (χ0n) is 17.7. The summed E-state index contributed by atoms with van der Waals surface area (Å²) in [5.41, 5.74) is -0.358. The number of rotatable bonds is 5. The number of nitrogens with one attached hydrogen (secondary N) is 1. The molecule has 1 saturated carbocycles. The van der Waals surface area contributed by atoms with Crippen molar-refractivity contribution in [3.63, 3.8) is 0 Å². The molecule has 5 atom stereocenters. The van der Waals surface area contributed by atoms with Gasteiger partial charge in [0, 0.05) is 50.1 Å². The van der Waals surface area contributed by atoms with E-state index in [1.807, 2.05) is 4.90 Å². The van der Waals surface area contributed by atoms with E-state index in [1.165, 1.54) is 6.20 Å². The number of halogens is 3. The highest BCUT2D eigenvalue weighted by Gasteiger charge is 2.57. The van der Waals surface area contributed by atoms with Crippen molar-refractivity contribution in [2.24, 2.45) is 11.8 Å². The number of carboxylic acid groups (broad SMARTS) is 1. The summed E-state index contributed by atoms with van der Waals surface area (Å²) in [4.78, 5) is 27.8. The summed E-state index contributed by atoms with van der Waals surface area (Å²) in [6.45, 7) is 2.63. The van der Waals surface area contributed by atoms with Crippen molar-refractivity contribution in [3.8, 4) is 6.01 Å². The summed E-state index contributed by atoms with van der Waals surface area (Å²) in [5, 5.41) is 11.6. The topological polar surface area (TPSA) is 104 Å². The van der Waals surface area contributed by atoms with E-state index in [-0.39, 0.29) is 46.7 Å². The van der Waals surface area contributed by atoms with Gasteiger partial charge in [-0.1, -0.05) is 11.6 Å². The largest absolute Gasteiger partial charge is 0.465 e. The molecule has 4 aliphatic rings. The zero-order chi connectivity index (χ0) is 22.9. The molecule has 5 heterocycles. The smallest absolute Gasteiger partial charge is 0.404 e. The van der Waals surface area contributed by atoms with Crippen molar-refractivity contribution in [3.05, 3.63) is 17.2 Å². The number of alkyl halides is 1. The Morgan fingerprint density at radius 1 is 1.33 bits per heavy atom. The fourth-order valence-electron chi connectivity index (χ4n) is 6.01. The molecule has 6 rings (SSSR count). The lowest BCUT2D eigenvalue weighted by atomic mass is 9.95. The van der Waals surface area contributed by atoms with Crippen molar-refractivity contribution in [1.29, 1.82) is 0 Å². The van der Waals surface area contributed by atoms with Crippen LogP contribution in [0.15, 0.2) is 6.20 Å². The Morgan fingerprint density at radius 2 is 2.12 bits per heavy atom. The van der Waals surface area contributed by atoms with Gasteiger partial charge in [-0.2, -0.15) is 9.97 Å². The molecule has 9 nitrogen and oxygen atoms in total. The molecule has 4 fully saturated rings. The first-order valence-electron chi connectivity index (χ1n) is 11.1. The zero-order valence-corrected chi connectivity index (χ0v) is 18.4. The van der Waals surface area contributed by atoms with E-state index >= 15 is 0 Å². The van der Waals surface area contributed by atoms with Crippen LogP contribution in [0, 0.1) is 17.7 Å². The molecule has 2 N–H and O–H groups in total. The van der Waals surface area contributed by atoms with Gasteiger partial charge in [-0.05, 0) is 19.4 Å². The fraction of sp³-hybridized carbons (Fsp3) is 0.619. The van der Waals surface area contributed by atoms with Gasteiger partial charge in [-0.25, -0.2) is 18.6 Å². The van der Waals surface area contributed by atoms with Crippen molar-refractivity contribution in [1.82, 2.24) is 25.2 Å². The molecule has 3 aliphatic heterocycles. The minimum Gasteiger partial charge on any atom is -0.465 e. The van der Waals surface area contributed by atoms with Crippen LogP contribution in [-0.4, -0.2) is 81.6 Å². The van der Waals surface area contributed by atoms with Crippen molar-refractivity contribution < 1.29 is 23.4 Å². The van der Waals surface area contributed by atoms with Crippen LogP contribution in [0.2, 0.25) is 5.15 Å². The average Bonchev–Trinajstić information content (AvgIpc) is 3.13. The van der Waals surface area contributed by atoms with Gasteiger partial charge in [0.25, 0.3) is 0 Å². The highest BCUT2D eigenvalue weighted by atomic mass is 35.5. The maximum absolute atomic E-state index is 14.9. The van der Waals surface area contributed by atoms with E-state index in [0.717, 1.165) is 19.4 Å². The molecular weight excluding hydrogens is 458 g/mol. The van der Waals surface area contributed by atoms with Crippen LogP contribution in [-0.2, 0) is 0 Å². The molecule has 176 valence electrons. The van der Waals surface area contributed by atoms with Crippen LogP contribution in [0.25, 0.3) is 10.9 Å². The summed E-state index contributed by atoms with van der Waals surface area (Å²) >= 11 is 5.91. The minimum absolute atomic E-state index is 0.0167. The number of anilines is 1. The van der Waals surface area contributed by atoms with E-state index in [9.17, 15) is 13.6 Å². The van der Waals surface area contributed by atoms with Crippen LogP contribution >= 0.6 is 11.6 Å². The standard InChI is InChI=1S/C21H23ClF2N6O3/c22-17-14(24)16-11(5-25-17)18(29-7-12-13(8-29)15(12)27-20(31)32)28-19(26-16)33-9-21-2-1-3-30(21)6-10(23)4-21/h5,10,12-13,15,27H,1-4,6-9H2,(H,31,32)/t10-,12-,13+,15?,21+/m1/s1. The van der Waals surface area contributed by atoms with Gasteiger partial charge in [0.05, 0.1) is 10.9 Å². The van der Waals surface area contributed by atoms with Crippen LogP contribution in [0.3, 0.4) is 0 Å². The summed E-state index contributed by atoms with van der Waals surface area (Å²) < 4.78 is 34.9. The number of fused-ring (bicyclic) bond motifs is 3. The second kappa shape index (κ2) is 7.49. The van der Waals surface area contributed by atoms with E-state index < -0.39 is 18.1 Å². The number of nitrogens with zero attached hydrogens (tertiary/aromatic N) is 5. The highest BCUT2D eigenvalue weighted by molar-refractivity contribution is 6.30. The number of pyridine rings is 1.